The van der Waals surface area contributed by atoms with E-state index in [9.17, 15) is 4.39 Å². The van der Waals surface area contributed by atoms with Gasteiger partial charge in [-0.2, -0.15) is 5.10 Å². The van der Waals surface area contributed by atoms with Gasteiger partial charge in [-0.25, -0.2) is 4.39 Å². The zero-order valence-corrected chi connectivity index (χ0v) is 23.3. The molecule has 0 amide bonds. The smallest absolute Gasteiger partial charge is 0.123 e. The van der Waals surface area contributed by atoms with E-state index in [2.05, 4.69) is 81.1 Å². The molecular weight excluding hydrogens is 521 g/mol. The summed E-state index contributed by atoms with van der Waals surface area (Å²) in [7, 11) is 0. The molecule has 0 unspecified atom stereocenters. The Morgan fingerprint density at radius 1 is 0.929 bits per heavy atom. The highest BCUT2D eigenvalue weighted by Gasteiger charge is 2.15. The third-order valence-corrected chi connectivity index (χ3v) is 7.24. The Bertz CT molecular complexity index is 1970. The highest BCUT2D eigenvalue weighted by molar-refractivity contribution is 6.00. The van der Waals surface area contributed by atoms with Gasteiger partial charge in [0.2, 0.25) is 0 Å². The summed E-state index contributed by atoms with van der Waals surface area (Å²) in [6, 6.07) is 26.9. The van der Waals surface area contributed by atoms with E-state index >= 15 is 0 Å². The number of fused-ring (bicyclic) bond motifs is 2. The number of H-pyrrole nitrogens is 2. The lowest BCUT2D eigenvalue weighted by Crippen LogP contribution is -2.12. The quantitative estimate of drug-likeness (QED) is 0.157. The van der Waals surface area contributed by atoms with E-state index in [0.29, 0.717) is 0 Å². The van der Waals surface area contributed by atoms with Crippen molar-refractivity contribution >= 4 is 27.4 Å². The molecule has 3 heterocycles. The lowest BCUT2D eigenvalue weighted by Gasteiger charge is -2.12. The highest BCUT2D eigenvalue weighted by Crippen LogP contribution is 2.34. The molecule has 0 radical (unpaired) electrons. The van der Waals surface area contributed by atoms with Crippen molar-refractivity contribution in [3.05, 3.63) is 151 Å². The van der Waals surface area contributed by atoms with E-state index in [0.717, 1.165) is 73.4 Å². The number of nitrogens with one attached hydrogen (secondary N) is 3. The van der Waals surface area contributed by atoms with E-state index in [4.69, 9.17) is 0 Å². The molecule has 6 heteroatoms. The lowest BCUT2D eigenvalue weighted by molar-refractivity contribution is 0.628. The van der Waals surface area contributed by atoms with Crippen LogP contribution >= 0.6 is 0 Å². The molecule has 0 fully saturated rings. The lowest BCUT2D eigenvalue weighted by atomic mass is 10.0. The third kappa shape index (κ3) is 5.43. The van der Waals surface area contributed by atoms with Crippen LogP contribution in [-0.4, -0.2) is 20.2 Å². The second kappa shape index (κ2) is 11.6. The van der Waals surface area contributed by atoms with Gasteiger partial charge in [-0.3, -0.25) is 10.1 Å². The molecule has 6 rings (SSSR count). The van der Waals surface area contributed by atoms with Crippen molar-refractivity contribution in [1.82, 2.24) is 25.5 Å². The molecular formula is C36H30FN5. The van der Waals surface area contributed by atoms with Crippen LogP contribution in [0.4, 0.5) is 4.39 Å². The number of aromatic nitrogens is 4. The number of nitrogens with zero attached hydrogens (tertiary/aromatic N) is 2. The van der Waals surface area contributed by atoms with Crippen LogP contribution in [0, 0.1) is 5.82 Å². The molecule has 3 N–H and O–H groups in total. The second-order valence-corrected chi connectivity index (χ2v) is 10.1. The first-order chi connectivity index (χ1) is 20.5. The van der Waals surface area contributed by atoms with Crippen molar-refractivity contribution in [3.8, 4) is 22.6 Å². The number of allylic oxidation sites excluding steroid dienone is 5. The zero-order valence-electron chi connectivity index (χ0n) is 23.3. The molecule has 0 saturated carbocycles. The number of hydrogen-bond acceptors (Lipinski definition) is 3. The van der Waals surface area contributed by atoms with E-state index in [1.165, 1.54) is 17.7 Å². The van der Waals surface area contributed by atoms with Crippen LogP contribution in [0.25, 0.3) is 50.0 Å². The van der Waals surface area contributed by atoms with Gasteiger partial charge >= 0.3 is 0 Å². The van der Waals surface area contributed by atoms with Crippen LogP contribution in [-0.2, 0) is 6.42 Å². The van der Waals surface area contributed by atoms with Crippen LogP contribution in [0.15, 0.2) is 134 Å². The van der Waals surface area contributed by atoms with E-state index in [-0.39, 0.29) is 5.82 Å². The van der Waals surface area contributed by atoms with Crippen molar-refractivity contribution in [2.45, 2.75) is 13.3 Å². The Balaban J connectivity index is 1.32. The van der Waals surface area contributed by atoms with Gasteiger partial charge in [0.05, 0.1) is 16.9 Å². The van der Waals surface area contributed by atoms with Gasteiger partial charge in [0.1, 0.15) is 11.5 Å². The standard InChI is InChI=1S/C36H30FN5/c1-4-25(20-29(5-2)39-23(3)19-24-9-7-6-8-10-24)27-13-16-33-30(21-27)36(42-41-33)34-22-31-32(40-34)17-18-38-35(31)26-11-14-28(37)15-12-26/h4-18,20-22,39-40H,2-3,19H2,1H3,(H,41,42)/b25-4+,29-20+. The molecule has 3 aromatic heterocycles. The summed E-state index contributed by atoms with van der Waals surface area (Å²) >= 11 is 0. The Morgan fingerprint density at radius 3 is 2.48 bits per heavy atom. The van der Waals surface area contributed by atoms with Crippen LogP contribution in [0.5, 0.6) is 0 Å². The molecule has 0 aliphatic carbocycles. The minimum atomic E-state index is -0.275. The zero-order chi connectivity index (χ0) is 29.1. The first kappa shape index (κ1) is 26.7. The number of rotatable bonds is 9. The van der Waals surface area contributed by atoms with Gasteiger partial charge < -0.3 is 10.3 Å². The maximum atomic E-state index is 13.5. The van der Waals surface area contributed by atoms with Gasteiger partial charge in [-0.05, 0) is 84.3 Å². The summed E-state index contributed by atoms with van der Waals surface area (Å²) in [5, 5.41) is 13.2. The average Bonchev–Trinajstić information content (AvgIpc) is 3.64. The van der Waals surface area contributed by atoms with Crippen LogP contribution in [0.3, 0.4) is 0 Å². The predicted octanol–water partition coefficient (Wildman–Crippen LogP) is 8.73. The van der Waals surface area contributed by atoms with E-state index in [1.807, 2.05) is 37.3 Å². The summed E-state index contributed by atoms with van der Waals surface area (Å²) in [5.41, 5.74) is 10.2. The van der Waals surface area contributed by atoms with Crippen molar-refractivity contribution in [2.24, 2.45) is 0 Å². The summed E-state index contributed by atoms with van der Waals surface area (Å²) in [6.45, 7) is 10.2. The summed E-state index contributed by atoms with van der Waals surface area (Å²) < 4.78 is 13.5. The van der Waals surface area contributed by atoms with Crippen molar-refractivity contribution in [2.75, 3.05) is 0 Å². The van der Waals surface area contributed by atoms with Gasteiger partial charge in [0, 0.05) is 45.9 Å². The number of benzene rings is 3. The Hall–Kier alpha value is -5.49. The Labute approximate surface area is 243 Å². The second-order valence-electron chi connectivity index (χ2n) is 10.1. The normalized spacial score (nSPS) is 12.1. The largest absolute Gasteiger partial charge is 0.359 e. The molecule has 0 saturated heterocycles. The Morgan fingerprint density at radius 2 is 1.71 bits per heavy atom. The number of aromatic amines is 2. The average molecular weight is 552 g/mol. The van der Waals surface area contributed by atoms with Crippen LogP contribution in [0.2, 0.25) is 0 Å². The van der Waals surface area contributed by atoms with Crippen molar-refractivity contribution < 1.29 is 4.39 Å². The Kier molecular flexibility index (Phi) is 7.35. The first-order valence-electron chi connectivity index (χ1n) is 13.7. The fourth-order valence-electron chi connectivity index (χ4n) is 5.16. The fraction of sp³-hybridized carbons (Fsp3) is 0.0556. The third-order valence-electron chi connectivity index (χ3n) is 7.24. The van der Waals surface area contributed by atoms with Gasteiger partial charge in [0.25, 0.3) is 0 Å². The molecule has 0 bridgehead atoms. The van der Waals surface area contributed by atoms with Crippen molar-refractivity contribution in [1.29, 1.82) is 0 Å². The number of hydrogen-bond donors (Lipinski definition) is 3. The summed E-state index contributed by atoms with van der Waals surface area (Å²) in [5.74, 6) is -0.275. The van der Waals surface area contributed by atoms with Crippen LogP contribution < -0.4 is 5.32 Å². The molecule has 206 valence electrons. The fourth-order valence-corrected chi connectivity index (χ4v) is 5.16. The van der Waals surface area contributed by atoms with E-state index in [1.54, 1.807) is 24.4 Å². The predicted molar refractivity (Wildman–Crippen MR) is 171 cm³/mol. The van der Waals surface area contributed by atoms with E-state index < -0.39 is 0 Å². The minimum Gasteiger partial charge on any atom is -0.359 e. The van der Waals surface area contributed by atoms with Crippen LogP contribution in [0.1, 0.15) is 18.1 Å². The highest BCUT2D eigenvalue weighted by atomic mass is 19.1. The molecule has 0 atom stereocenters. The monoisotopic (exact) mass is 551 g/mol. The minimum absolute atomic E-state index is 0.275. The molecule has 5 nitrogen and oxygen atoms in total. The summed E-state index contributed by atoms with van der Waals surface area (Å²) in [4.78, 5) is 8.09. The van der Waals surface area contributed by atoms with Gasteiger partial charge in [0.15, 0.2) is 0 Å². The summed E-state index contributed by atoms with van der Waals surface area (Å²) in [6.07, 6.45) is 8.44. The van der Waals surface area contributed by atoms with Gasteiger partial charge in [-0.15, -0.1) is 0 Å². The molecule has 0 aliphatic rings. The maximum absolute atomic E-state index is 13.5. The van der Waals surface area contributed by atoms with Crippen molar-refractivity contribution in [3.63, 3.8) is 0 Å². The molecule has 42 heavy (non-hydrogen) atoms. The number of halogens is 1. The number of pyridine rings is 1. The molecule has 0 spiro atoms. The maximum Gasteiger partial charge on any atom is 0.123 e. The van der Waals surface area contributed by atoms with Gasteiger partial charge in [-0.1, -0.05) is 55.6 Å². The molecule has 3 aromatic carbocycles. The first-order valence-corrected chi connectivity index (χ1v) is 13.7. The molecule has 0 aliphatic heterocycles. The molecule has 6 aromatic rings. The SMILES string of the molecule is C=C/C(=C\C(=C/C)c1ccc2[nH]nc(-c3cc4c(-c5ccc(F)cc5)nccc4[nH]3)c2c1)NC(=C)Cc1ccccc1. The topological polar surface area (TPSA) is 69.4 Å².